The number of nitrogens with zero attached hydrogens (tertiary/aromatic N) is 1. The van der Waals surface area contributed by atoms with Crippen molar-refractivity contribution < 1.29 is 23.4 Å². The van der Waals surface area contributed by atoms with E-state index < -0.39 is 17.2 Å². The Kier molecular flexibility index (Phi) is 9.71. The molecule has 0 unspecified atom stereocenters. The molecule has 0 amide bonds. The Balaban J connectivity index is 0.00000370. The number of ether oxygens (including phenoxy) is 1. The van der Waals surface area contributed by atoms with E-state index in [2.05, 4.69) is 16.8 Å². The molecule has 5 rings (SSSR count). The quantitative estimate of drug-likeness (QED) is 0.0902. The molecule has 200 valence electrons. The molecule has 0 spiro atoms. The summed E-state index contributed by atoms with van der Waals surface area (Å²) in [5.74, 6) is 4.79. The molecule has 4 nitrogen and oxygen atoms in total. The number of carbonyl (C=O) groups is 1. The van der Waals surface area contributed by atoms with E-state index in [1.165, 1.54) is 11.8 Å². The van der Waals surface area contributed by atoms with E-state index in [-0.39, 0.29) is 41.5 Å². The molecule has 0 saturated heterocycles. The van der Waals surface area contributed by atoms with Crippen molar-refractivity contribution in [2.75, 3.05) is 5.94 Å². The van der Waals surface area contributed by atoms with Gasteiger partial charge in [0.1, 0.15) is 11.6 Å². The van der Waals surface area contributed by atoms with Gasteiger partial charge in [-0.2, -0.15) is 0 Å². The van der Waals surface area contributed by atoms with Gasteiger partial charge < -0.3 is 9.84 Å². The van der Waals surface area contributed by atoms with Gasteiger partial charge in [-0.25, -0.2) is 13.8 Å². The zero-order valence-corrected chi connectivity index (χ0v) is 22.4. The molecule has 3 aromatic carbocycles. The van der Waals surface area contributed by atoms with Gasteiger partial charge in [-0.15, -0.1) is 0 Å². The van der Waals surface area contributed by atoms with Crippen LogP contribution in [0.25, 0.3) is 22.0 Å². The zero-order valence-electron chi connectivity index (χ0n) is 21.6. The number of aromatic nitrogens is 1. The second kappa shape index (κ2) is 12.8. The van der Waals surface area contributed by atoms with E-state index in [0.717, 1.165) is 52.1 Å². The number of esters is 1. The van der Waals surface area contributed by atoms with Crippen LogP contribution in [0.5, 0.6) is 0 Å². The monoisotopic (exact) mass is 567 g/mol. The van der Waals surface area contributed by atoms with Crippen LogP contribution >= 0.6 is 11.8 Å². The van der Waals surface area contributed by atoms with Gasteiger partial charge >= 0.3 is 35.5 Å². The van der Waals surface area contributed by atoms with Gasteiger partial charge in [0, 0.05) is 28.3 Å². The van der Waals surface area contributed by atoms with Crippen molar-refractivity contribution in [3.05, 3.63) is 95.2 Å². The molecule has 1 saturated carbocycles. The molecule has 1 aliphatic rings. The molecule has 1 aliphatic carbocycles. The minimum atomic E-state index is -1.12. The summed E-state index contributed by atoms with van der Waals surface area (Å²) in [6.45, 7) is 3.45. The number of pyridine rings is 1. The predicted octanol–water partition coefficient (Wildman–Crippen LogP) is 6.55. The average molecular weight is 568 g/mol. The number of halogens is 2. The predicted molar refractivity (Wildman–Crippen MR) is 156 cm³/mol. The first-order chi connectivity index (χ1) is 18.7. The van der Waals surface area contributed by atoms with Crippen LogP contribution in [0.4, 0.5) is 8.78 Å². The molecular weight excluding hydrogens is 539 g/mol. The first-order valence-electron chi connectivity index (χ1n) is 12.7. The van der Waals surface area contributed by atoms with Crippen LogP contribution in [0.2, 0.25) is 0 Å². The Morgan fingerprint density at radius 1 is 1.05 bits per heavy atom. The van der Waals surface area contributed by atoms with Crippen molar-refractivity contribution in [3.63, 3.8) is 0 Å². The molecule has 1 fully saturated rings. The topological polar surface area (TPSA) is 59.4 Å². The summed E-state index contributed by atoms with van der Waals surface area (Å²) >= 11 is 1.38. The summed E-state index contributed by atoms with van der Waals surface area (Å²) in [6.07, 6.45) is 2.66. The Bertz CT molecular complexity index is 1620. The van der Waals surface area contributed by atoms with Crippen LogP contribution in [0.1, 0.15) is 49.9 Å². The van der Waals surface area contributed by atoms with Gasteiger partial charge in [0.05, 0.1) is 11.1 Å². The summed E-state index contributed by atoms with van der Waals surface area (Å²) in [7, 11) is 0. The van der Waals surface area contributed by atoms with Crippen LogP contribution in [0, 0.1) is 29.4 Å². The molecule has 0 radical (unpaired) electrons. The van der Waals surface area contributed by atoms with E-state index >= 15 is 0 Å². The van der Waals surface area contributed by atoms with E-state index in [4.69, 9.17) is 4.74 Å². The van der Waals surface area contributed by atoms with Crippen molar-refractivity contribution in [1.82, 2.24) is 4.98 Å². The summed E-state index contributed by atoms with van der Waals surface area (Å²) in [5.41, 5.74) is 2.85. The molecule has 0 bridgehead atoms. The number of benzene rings is 3. The minimum absolute atomic E-state index is 0. The fourth-order valence-electron chi connectivity index (χ4n) is 4.24. The first kappa shape index (κ1) is 30.2. The third-order valence-electron chi connectivity index (χ3n) is 6.52. The third-order valence-corrected chi connectivity index (χ3v) is 7.42. The first-order valence-corrected chi connectivity index (χ1v) is 13.7. The van der Waals surface area contributed by atoms with Crippen LogP contribution in [-0.4, -0.2) is 51.6 Å². The van der Waals surface area contributed by atoms with Crippen LogP contribution < -0.4 is 0 Å². The second-order valence-electron chi connectivity index (χ2n) is 10.1. The summed E-state index contributed by atoms with van der Waals surface area (Å²) in [4.78, 5) is 17.2. The normalized spacial score (nSPS) is 12.8. The van der Waals surface area contributed by atoms with E-state index in [0.29, 0.717) is 28.9 Å². The van der Waals surface area contributed by atoms with Crippen molar-refractivity contribution in [2.45, 2.75) is 43.6 Å². The fraction of sp³-hybridized carbons (Fsp3) is 0.250. The van der Waals surface area contributed by atoms with Crippen LogP contribution in [-0.2, 0) is 15.1 Å². The Morgan fingerprint density at radius 2 is 1.80 bits per heavy atom. The third kappa shape index (κ3) is 7.51. The zero-order chi connectivity index (χ0) is 27.6. The number of thioether (sulfide) groups is 1. The number of carbonyl (C=O) groups excluding carboxylic acids is 1. The van der Waals surface area contributed by atoms with E-state index in [1.807, 2.05) is 42.5 Å². The molecular formula is C32H28F2NNaO3S. The molecule has 8 heteroatoms. The molecule has 40 heavy (non-hydrogen) atoms. The van der Waals surface area contributed by atoms with Crippen molar-refractivity contribution in [3.8, 4) is 23.0 Å². The van der Waals surface area contributed by atoms with E-state index in [1.54, 1.807) is 26.0 Å². The average Bonchev–Trinajstić information content (AvgIpc) is 3.72. The van der Waals surface area contributed by atoms with Crippen molar-refractivity contribution >= 4 is 58.2 Å². The Morgan fingerprint density at radius 3 is 2.55 bits per heavy atom. The van der Waals surface area contributed by atoms with E-state index in [9.17, 15) is 18.7 Å². The number of hydrogen-bond donors (Lipinski definition) is 1. The van der Waals surface area contributed by atoms with Gasteiger partial charge in [0.2, 0.25) is 0 Å². The van der Waals surface area contributed by atoms with Gasteiger partial charge in [0.15, 0.2) is 11.6 Å². The SMILES string of the molecule is CC(C)(O)c1cc(-c2ccccc2C#Cc2ccc3cc(F)c(F)cc3n2)ccc1SCOC(=O)CC1CC1.[NaH]. The fourth-order valence-corrected chi connectivity index (χ4v) is 5.19. The maximum absolute atomic E-state index is 13.7. The standard InChI is InChI=1S/C32H27F2NO3S.Na.H/c1-32(2,37)26-16-22(11-14-30(26)39-19-38-31(36)15-20-7-8-20)25-6-4-3-5-21(25)9-12-24-13-10-23-17-27(33)28(34)18-29(23)35-24;;/h3-6,10-11,13-14,16-18,20,37H,7-8,15,19H2,1-2H3;;. The summed E-state index contributed by atoms with van der Waals surface area (Å²) in [5, 5.41) is 11.4. The van der Waals surface area contributed by atoms with Gasteiger partial charge in [-0.05, 0) is 91.6 Å². The second-order valence-corrected chi connectivity index (χ2v) is 11.1. The number of hydrogen-bond acceptors (Lipinski definition) is 5. The number of fused-ring (bicyclic) bond motifs is 1. The molecule has 0 aliphatic heterocycles. The van der Waals surface area contributed by atoms with Crippen molar-refractivity contribution in [2.24, 2.45) is 5.92 Å². The molecule has 1 heterocycles. The van der Waals surface area contributed by atoms with Crippen LogP contribution in [0.15, 0.2) is 71.6 Å². The number of aliphatic hydroxyl groups is 1. The van der Waals surface area contributed by atoms with Crippen molar-refractivity contribution in [1.29, 1.82) is 0 Å². The van der Waals surface area contributed by atoms with Gasteiger partial charge in [-0.1, -0.05) is 41.9 Å². The Labute approximate surface area is 258 Å². The Hall–Kier alpha value is -2.73. The summed E-state index contributed by atoms with van der Waals surface area (Å²) < 4.78 is 32.6. The molecule has 4 aromatic rings. The van der Waals surface area contributed by atoms with Crippen LogP contribution in [0.3, 0.4) is 0 Å². The van der Waals surface area contributed by atoms with Gasteiger partial charge in [0.25, 0.3) is 0 Å². The van der Waals surface area contributed by atoms with Gasteiger partial charge in [-0.3, -0.25) is 4.79 Å². The molecule has 1 aromatic heterocycles. The molecule has 0 atom stereocenters. The summed E-state index contributed by atoms with van der Waals surface area (Å²) in [6, 6.07) is 19.0. The maximum atomic E-state index is 13.7. The number of rotatable bonds is 7. The molecule has 1 N–H and O–H groups in total.